The van der Waals surface area contributed by atoms with Crippen LogP contribution in [0.15, 0.2) is 22.7 Å². The highest BCUT2D eigenvalue weighted by Crippen LogP contribution is 2.19. The second-order valence-electron chi connectivity index (χ2n) is 4.85. The summed E-state index contributed by atoms with van der Waals surface area (Å²) in [6.45, 7) is 1.26. The van der Waals surface area contributed by atoms with E-state index in [-0.39, 0.29) is 17.6 Å². The van der Waals surface area contributed by atoms with Crippen molar-refractivity contribution in [3.63, 3.8) is 0 Å². The van der Waals surface area contributed by atoms with Crippen LogP contribution in [0.3, 0.4) is 0 Å². The van der Waals surface area contributed by atoms with Crippen LogP contribution in [0.25, 0.3) is 0 Å². The molecule has 5 nitrogen and oxygen atoms in total. The molecule has 1 fully saturated rings. The lowest BCUT2D eigenvalue weighted by molar-refractivity contribution is 0.0587. The lowest BCUT2D eigenvalue weighted by Gasteiger charge is -2.21. The summed E-state index contributed by atoms with van der Waals surface area (Å²) in [5.74, 6) is -1.26. The van der Waals surface area contributed by atoms with Gasteiger partial charge in [-0.3, -0.25) is 4.79 Å². The van der Waals surface area contributed by atoms with Crippen LogP contribution in [0.1, 0.15) is 33.6 Å². The molecular weight excluding hydrogens is 326 g/mol. The number of amides is 1. The standard InChI is InChI=1S/C14H16BrNO4/c1-16(8-12-3-2-4-20-12)13(17)9-5-10(14(18)19)7-11(15)6-9/h5-7,12H,2-4,8H2,1H3,(H,18,19)/t12-/m0/s1. The van der Waals surface area contributed by atoms with Crippen LogP contribution in [0.5, 0.6) is 0 Å². The largest absolute Gasteiger partial charge is 0.478 e. The first-order valence-electron chi connectivity index (χ1n) is 6.38. The highest BCUT2D eigenvalue weighted by Gasteiger charge is 2.21. The van der Waals surface area contributed by atoms with Gasteiger partial charge >= 0.3 is 5.97 Å². The van der Waals surface area contributed by atoms with E-state index in [2.05, 4.69) is 15.9 Å². The minimum absolute atomic E-state index is 0.0787. The molecule has 1 aromatic rings. The maximum atomic E-state index is 12.3. The minimum atomic E-state index is -1.05. The highest BCUT2D eigenvalue weighted by molar-refractivity contribution is 9.10. The summed E-state index contributed by atoms with van der Waals surface area (Å²) < 4.78 is 6.07. The Balaban J connectivity index is 2.13. The molecule has 0 aromatic heterocycles. The third kappa shape index (κ3) is 3.58. The van der Waals surface area contributed by atoms with Gasteiger partial charge in [0.05, 0.1) is 11.7 Å². The smallest absolute Gasteiger partial charge is 0.335 e. The van der Waals surface area contributed by atoms with Gasteiger partial charge in [-0.15, -0.1) is 0 Å². The van der Waals surface area contributed by atoms with Crippen LogP contribution in [0.2, 0.25) is 0 Å². The van der Waals surface area contributed by atoms with E-state index in [1.165, 1.54) is 12.1 Å². The Labute approximate surface area is 125 Å². The summed E-state index contributed by atoms with van der Waals surface area (Å²) in [5.41, 5.74) is 0.450. The quantitative estimate of drug-likeness (QED) is 0.913. The van der Waals surface area contributed by atoms with Crippen molar-refractivity contribution < 1.29 is 19.4 Å². The molecule has 6 heteroatoms. The van der Waals surface area contributed by atoms with Gasteiger partial charge in [-0.25, -0.2) is 4.79 Å². The Bertz CT molecular complexity index is 526. The number of aromatic carboxylic acids is 1. The zero-order valence-electron chi connectivity index (χ0n) is 11.1. The van der Waals surface area contributed by atoms with Gasteiger partial charge < -0.3 is 14.7 Å². The van der Waals surface area contributed by atoms with Gasteiger partial charge in [-0.05, 0) is 31.0 Å². The van der Waals surface area contributed by atoms with E-state index in [9.17, 15) is 9.59 Å². The van der Waals surface area contributed by atoms with Gasteiger partial charge in [0.2, 0.25) is 0 Å². The molecule has 1 aliphatic rings. The molecule has 0 aliphatic carbocycles. The number of halogens is 1. The summed E-state index contributed by atoms with van der Waals surface area (Å²) in [6, 6.07) is 4.49. The topological polar surface area (TPSA) is 66.8 Å². The van der Waals surface area contributed by atoms with Gasteiger partial charge in [0.25, 0.3) is 5.91 Å². The molecule has 0 spiro atoms. The third-order valence-electron chi connectivity index (χ3n) is 3.24. The van der Waals surface area contributed by atoms with Crippen LogP contribution in [0.4, 0.5) is 0 Å². The first-order chi connectivity index (χ1) is 9.47. The SMILES string of the molecule is CN(C[C@@H]1CCCO1)C(=O)c1cc(Br)cc(C(=O)O)c1. The number of ether oxygens (including phenoxy) is 1. The fraction of sp³-hybridized carbons (Fsp3) is 0.429. The van der Waals surface area contributed by atoms with Crippen molar-refractivity contribution in [2.45, 2.75) is 18.9 Å². The van der Waals surface area contributed by atoms with Crippen LogP contribution in [0, 0.1) is 0 Å². The molecule has 1 saturated heterocycles. The zero-order valence-corrected chi connectivity index (χ0v) is 12.7. The highest BCUT2D eigenvalue weighted by atomic mass is 79.9. The molecular formula is C14H16BrNO4. The first kappa shape index (κ1) is 15.0. The van der Waals surface area contributed by atoms with Crippen molar-refractivity contribution in [1.82, 2.24) is 4.90 Å². The molecule has 1 heterocycles. The summed E-state index contributed by atoms with van der Waals surface area (Å²) >= 11 is 3.23. The van der Waals surface area contributed by atoms with Crippen molar-refractivity contribution in [3.05, 3.63) is 33.8 Å². The predicted octanol–water partition coefficient (Wildman–Crippen LogP) is 2.40. The van der Waals surface area contributed by atoms with Gasteiger partial charge in [-0.1, -0.05) is 15.9 Å². The Kier molecular flexibility index (Phi) is 4.77. The van der Waals surface area contributed by atoms with E-state index in [1.54, 1.807) is 18.0 Å². The van der Waals surface area contributed by atoms with Crippen LogP contribution in [-0.2, 0) is 4.74 Å². The second-order valence-corrected chi connectivity index (χ2v) is 5.77. The number of carbonyl (C=O) groups excluding carboxylic acids is 1. The maximum absolute atomic E-state index is 12.3. The van der Waals surface area contributed by atoms with E-state index in [0.717, 1.165) is 19.4 Å². The van der Waals surface area contributed by atoms with Crippen molar-refractivity contribution in [2.75, 3.05) is 20.2 Å². The van der Waals surface area contributed by atoms with Crippen molar-refractivity contribution >= 4 is 27.8 Å². The van der Waals surface area contributed by atoms with Crippen molar-refractivity contribution in [2.24, 2.45) is 0 Å². The molecule has 20 heavy (non-hydrogen) atoms. The number of benzene rings is 1. The normalized spacial score (nSPS) is 18.0. The van der Waals surface area contributed by atoms with Crippen molar-refractivity contribution in [3.8, 4) is 0 Å². The summed E-state index contributed by atoms with van der Waals surface area (Å²) in [5, 5.41) is 9.02. The molecule has 2 rings (SSSR count). The summed E-state index contributed by atoms with van der Waals surface area (Å²) in [7, 11) is 1.70. The average molecular weight is 342 g/mol. The van der Waals surface area contributed by atoms with Gasteiger partial charge in [0, 0.05) is 30.2 Å². The number of nitrogens with zero attached hydrogens (tertiary/aromatic N) is 1. The number of carbonyl (C=O) groups is 2. The zero-order chi connectivity index (χ0) is 14.7. The number of rotatable bonds is 4. The third-order valence-corrected chi connectivity index (χ3v) is 3.70. The van der Waals surface area contributed by atoms with E-state index in [0.29, 0.717) is 16.6 Å². The fourth-order valence-electron chi connectivity index (χ4n) is 2.23. The average Bonchev–Trinajstić information content (AvgIpc) is 2.89. The molecule has 0 radical (unpaired) electrons. The van der Waals surface area contributed by atoms with E-state index in [4.69, 9.17) is 9.84 Å². The van der Waals surface area contributed by atoms with Crippen LogP contribution in [-0.4, -0.2) is 48.2 Å². The Morgan fingerprint density at radius 2 is 2.10 bits per heavy atom. The molecule has 0 saturated carbocycles. The van der Waals surface area contributed by atoms with Crippen LogP contribution >= 0.6 is 15.9 Å². The lowest BCUT2D eigenvalue weighted by Crippen LogP contribution is -2.34. The maximum Gasteiger partial charge on any atom is 0.335 e. The number of likely N-dealkylation sites (N-methyl/N-ethyl adjacent to an activating group) is 1. The summed E-state index contributed by atoms with van der Waals surface area (Å²) in [6.07, 6.45) is 2.05. The number of hydrogen-bond acceptors (Lipinski definition) is 3. The molecule has 1 amide bonds. The Hall–Kier alpha value is -1.40. The van der Waals surface area contributed by atoms with Crippen molar-refractivity contribution in [1.29, 1.82) is 0 Å². The van der Waals surface area contributed by atoms with Gasteiger partial charge in [-0.2, -0.15) is 0 Å². The molecule has 0 unspecified atom stereocenters. The summed E-state index contributed by atoms with van der Waals surface area (Å²) in [4.78, 5) is 24.9. The number of hydrogen-bond donors (Lipinski definition) is 1. The predicted molar refractivity (Wildman–Crippen MR) is 77.0 cm³/mol. The fourth-order valence-corrected chi connectivity index (χ4v) is 2.73. The molecule has 108 valence electrons. The first-order valence-corrected chi connectivity index (χ1v) is 7.17. The Morgan fingerprint density at radius 3 is 2.70 bits per heavy atom. The Morgan fingerprint density at radius 1 is 1.40 bits per heavy atom. The molecule has 1 aliphatic heterocycles. The second kappa shape index (κ2) is 6.37. The lowest BCUT2D eigenvalue weighted by atomic mass is 10.1. The van der Waals surface area contributed by atoms with E-state index >= 15 is 0 Å². The number of carboxylic acids is 1. The van der Waals surface area contributed by atoms with Crippen LogP contribution < -0.4 is 0 Å². The van der Waals surface area contributed by atoms with E-state index in [1.807, 2.05) is 0 Å². The number of carboxylic acid groups (broad SMARTS) is 1. The molecule has 1 aromatic carbocycles. The van der Waals surface area contributed by atoms with Gasteiger partial charge in [0.1, 0.15) is 0 Å². The molecule has 1 N–H and O–H groups in total. The van der Waals surface area contributed by atoms with E-state index < -0.39 is 5.97 Å². The monoisotopic (exact) mass is 341 g/mol. The molecule has 1 atom stereocenters. The van der Waals surface area contributed by atoms with Gasteiger partial charge in [0.15, 0.2) is 0 Å². The minimum Gasteiger partial charge on any atom is -0.478 e. The molecule has 0 bridgehead atoms.